The van der Waals surface area contributed by atoms with Crippen molar-refractivity contribution in [3.8, 4) is 0 Å². The summed E-state index contributed by atoms with van der Waals surface area (Å²) in [6.45, 7) is 11.5. The first-order valence-corrected chi connectivity index (χ1v) is 8.99. The average molecular weight is 297 g/mol. The zero-order valence-electron chi connectivity index (χ0n) is 14.1. The summed E-state index contributed by atoms with van der Waals surface area (Å²) in [6, 6.07) is 0.811. The maximum atomic E-state index is 9.70. The van der Waals surface area contributed by atoms with E-state index in [1.165, 1.54) is 58.3 Å². The van der Waals surface area contributed by atoms with Gasteiger partial charge in [-0.1, -0.05) is 13.3 Å². The van der Waals surface area contributed by atoms with E-state index in [4.69, 9.17) is 0 Å². The minimum atomic E-state index is -0.145. The molecule has 1 unspecified atom stereocenters. The van der Waals surface area contributed by atoms with Gasteiger partial charge in [-0.15, -0.1) is 0 Å². The quantitative estimate of drug-likeness (QED) is 0.750. The molecule has 4 nitrogen and oxygen atoms in total. The Labute approximate surface area is 130 Å². The fourth-order valence-electron chi connectivity index (χ4n) is 3.81. The van der Waals surface area contributed by atoms with Crippen LogP contribution >= 0.6 is 0 Å². The van der Waals surface area contributed by atoms with Crippen LogP contribution in [0.25, 0.3) is 0 Å². The molecular formula is C17H35N3O. The lowest BCUT2D eigenvalue weighted by Gasteiger charge is -2.42. The molecule has 2 rings (SSSR count). The van der Waals surface area contributed by atoms with E-state index in [1.807, 2.05) is 0 Å². The molecule has 1 atom stereocenters. The lowest BCUT2D eigenvalue weighted by molar-refractivity contribution is 0.0646. The first kappa shape index (κ1) is 17.2. The van der Waals surface area contributed by atoms with Crippen molar-refractivity contribution in [3.63, 3.8) is 0 Å². The van der Waals surface area contributed by atoms with Gasteiger partial charge in [-0.3, -0.25) is 0 Å². The lowest BCUT2D eigenvalue weighted by atomic mass is 9.97. The lowest BCUT2D eigenvalue weighted by Crippen LogP contribution is -2.56. The minimum absolute atomic E-state index is 0.145. The van der Waals surface area contributed by atoms with Gasteiger partial charge in [0, 0.05) is 12.6 Å². The molecule has 124 valence electrons. The Morgan fingerprint density at radius 3 is 2.33 bits per heavy atom. The summed E-state index contributed by atoms with van der Waals surface area (Å²) in [5, 5.41) is 13.2. The van der Waals surface area contributed by atoms with Gasteiger partial charge in [0.15, 0.2) is 0 Å². The molecule has 2 aliphatic rings. The van der Waals surface area contributed by atoms with E-state index in [2.05, 4.69) is 29.0 Å². The van der Waals surface area contributed by atoms with Gasteiger partial charge in [-0.05, 0) is 71.8 Å². The summed E-state index contributed by atoms with van der Waals surface area (Å²) in [5.41, 5.74) is -0.145. The molecule has 2 saturated heterocycles. The molecule has 0 aromatic rings. The SMILES string of the molecule is CCCNC(C)(CO)CN1CCC(N2CCCCC2)CC1. The molecular weight excluding hydrogens is 262 g/mol. The topological polar surface area (TPSA) is 38.7 Å². The second kappa shape index (κ2) is 8.47. The summed E-state index contributed by atoms with van der Waals surface area (Å²) in [4.78, 5) is 5.26. The Bertz CT molecular complexity index is 286. The molecule has 4 heteroatoms. The highest BCUT2D eigenvalue weighted by Gasteiger charge is 2.30. The van der Waals surface area contributed by atoms with Crippen LogP contribution in [0.2, 0.25) is 0 Å². The van der Waals surface area contributed by atoms with Crippen LogP contribution in [0, 0.1) is 0 Å². The Balaban J connectivity index is 1.74. The Hall–Kier alpha value is -0.160. The van der Waals surface area contributed by atoms with Crippen molar-refractivity contribution in [2.75, 3.05) is 45.9 Å². The number of aliphatic hydroxyl groups excluding tert-OH is 1. The molecule has 2 heterocycles. The van der Waals surface area contributed by atoms with E-state index < -0.39 is 0 Å². The van der Waals surface area contributed by atoms with Crippen LogP contribution in [0.1, 0.15) is 52.4 Å². The smallest absolute Gasteiger partial charge is 0.0623 e. The van der Waals surface area contributed by atoms with Crippen LogP contribution in [-0.2, 0) is 0 Å². The predicted molar refractivity (Wildman–Crippen MR) is 88.7 cm³/mol. The standard InChI is InChI=1S/C17H35N3O/c1-3-9-18-17(2,15-21)14-19-12-7-16(8-13-19)20-10-5-4-6-11-20/h16,18,21H,3-15H2,1-2H3. The first-order chi connectivity index (χ1) is 10.2. The number of hydrogen-bond acceptors (Lipinski definition) is 4. The third kappa shape index (κ3) is 5.20. The maximum Gasteiger partial charge on any atom is 0.0623 e. The van der Waals surface area contributed by atoms with E-state index in [0.717, 1.165) is 25.6 Å². The summed E-state index contributed by atoms with van der Waals surface area (Å²) in [5.74, 6) is 0. The predicted octanol–water partition coefficient (Wildman–Crippen LogP) is 1.69. The van der Waals surface area contributed by atoms with Gasteiger partial charge in [0.05, 0.1) is 12.1 Å². The van der Waals surface area contributed by atoms with Gasteiger partial charge in [0.1, 0.15) is 0 Å². The number of aliphatic hydroxyl groups is 1. The molecule has 0 aliphatic carbocycles. The van der Waals surface area contributed by atoms with Crippen molar-refractivity contribution in [1.82, 2.24) is 15.1 Å². The van der Waals surface area contributed by atoms with E-state index in [1.54, 1.807) is 0 Å². The summed E-state index contributed by atoms with van der Waals surface area (Å²) in [6.07, 6.45) is 7.93. The van der Waals surface area contributed by atoms with Crippen LogP contribution < -0.4 is 5.32 Å². The van der Waals surface area contributed by atoms with Crippen molar-refractivity contribution in [3.05, 3.63) is 0 Å². The summed E-state index contributed by atoms with van der Waals surface area (Å²) < 4.78 is 0. The monoisotopic (exact) mass is 297 g/mol. The zero-order chi connectivity index (χ0) is 15.1. The van der Waals surface area contributed by atoms with Crippen molar-refractivity contribution in [2.45, 2.75) is 64.0 Å². The second-order valence-electron chi connectivity index (χ2n) is 7.25. The van der Waals surface area contributed by atoms with Crippen molar-refractivity contribution in [1.29, 1.82) is 0 Å². The fourth-order valence-corrected chi connectivity index (χ4v) is 3.81. The van der Waals surface area contributed by atoms with Gasteiger partial charge in [0.25, 0.3) is 0 Å². The van der Waals surface area contributed by atoms with Crippen LogP contribution in [0.5, 0.6) is 0 Å². The molecule has 0 radical (unpaired) electrons. The molecule has 0 aromatic carbocycles. The molecule has 0 bridgehead atoms. The highest BCUT2D eigenvalue weighted by Crippen LogP contribution is 2.21. The Kier molecular flexibility index (Phi) is 6.93. The molecule has 0 saturated carbocycles. The van der Waals surface area contributed by atoms with Crippen LogP contribution in [0.4, 0.5) is 0 Å². The molecule has 2 fully saturated rings. The van der Waals surface area contributed by atoms with Gasteiger partial charge in [0.2, 0.25) is 0 Å². The third-order valence-corrected chi connectivity index (χ3v) is 5.19. The number of nitrogens with one attached hydrogen (secondary N) is 1. The Morgan fingerprint density at radius 2 is 1.76 bits per heavy atom. The van der Waals surface area contributed by atoms with Crippen molar-refractivity contribution < 1.29 is 5.11 Å². The maximum absolute atomic E-state index is 9.70. The zero-order valence-corrected chi connectivity index (χ0v) is 14.1. The highest BCUT2D eigenvalue weighted by molar-refractivity contribution is 4.89. The van der Waals surface area contributed by atoms with Crippen molar-refractivity contribution >= 4 is 0 Å². The average Bonchev–Trinajstić information content (AvgIpc) is 2.54. The van der Waals surface area contributed by atoms with Crippen LogP contribution in [0.15, 0.2) is 0 Å². The first-order valence-electron chi connectivity index (χ1n) is 8.99. The molecule has 0 amide bonds. The Morgan fingerprint density at radius 1 is 1.10 bits per heavy atom. The van der Waals surface area contributed by atoms with Crippen LogP contribution in [-0.4, -0.2) is 72.4 Å². The van der Waals surface area contributed by atoms with Gasteiger partial charge in [-0.25, -0.2) is 0 Å². The highest BCUT2D eigenvalue weighted by atomic mass is 16.3. The number of piperidine rings is 2. The number of nitrogens with zero attached hydrogens (tertiary/aromatic N) is 2. The van der Waals surface area contributed by atoms with Gasteiger partial charge in [-0.2, -0.15) is 0 Å². The second-order valence-corrected chi connectivity index (χ2v) is 7.25. The number of rotatable bonds is 7. The fraction of sp³-hybridized carbons (Fsp3) is 1.00. The normalized spacial score (nSPS) is 25.9. The van der Waals surface area contributed by atoms with Gasteiger partial charge < -0.3 is 20.2 Å². The molecule has 2 aliphatic heterocycles. The van der Waals surface area contributed by atoms with E-state index in [9.17, 15) is 5.11 Å². The van der Waals surface area contributed by atoms with E-state index >= 15 is 0 Å². The number of likely N-dealkylation sites (tertiary alicyclic amines) is 2. The van der Waals surface area contributed by atoms with Crippen molar-refractivity contribution in [2.24, 2.45) is 0 Å². The molecule has 21 heavy (non-hydrogen) atoms. The van der Waals surface area contributed by atoms with E-state index in [-0.39, 0.29) is 12.1 Å². The molecule has 0 spiro atoms. The minimum Gasteiger partial charge on any atom is -0.394 e. The molecule has 0 aromatic heterocycles. The molecule has 2 N–H and O–H groups in total. The van der Waals surface area contributed by atoms with E-state index in [0.29, 0.717) is 0 Å². The summed E-state index contributed by atoms with van der Waals surface area (Å²) in [7, 11) is 0. The van der Waals surface area contributed by atoms with Gasteiger partial charge >= 0.3 is 0 Å². The third-order valence-electron chi connectivity index (χ3n) is 5.19. The van der Waals surface area contributed by atoms with Crippen LogP contribution in [0.3, 0.4) is 0 Å². The summed E-state index contributed by atoms with van der Waals surface area (Å²) >= 11 is 0. The largest absolute Gasteiger partial charge is 0.394 e. The number of hydrogen-bond donors (Lipinski definition) is 2.